The van der Waals surface area contributed by atoms with Gasteiger partial charge in [-0.05, 0) is 11.8 Å². The molecule has 0 saturated carbocycles. The molecule has 14 heavy (non-hydrogen) atoms. The van der Waals surface area contributed by atoms with Crippen molar-refractivity contribution in [2.75, 3.05) is 0 Å². The van der Waals surface area contributed by atoms with Crippen LogP contribution in [0.15, 0.2) is 12.4 Å². The number of carboxylic acids is 1. The third-order valence-corrected chi connectivity index (χ3v) is 1.97. The first-order valence-electron chi connectivity index (χ1n) is 4.64. The lowest BCUT2D eigenvalue weighted by Crippen LogP contribution is -2.10. The van der Waals surface area contributed by atoms with Crippen LogP contribution in [-0.4, -0.2) is 20.9 Å². The number of rotatable bonds is 3. The van der Waals surface area contributed by atoms with Gasteiger partial charge < -0.3 is 5.11 Å². The van der Waals surface area contributed by atoms with Gasteiger partial charge in [-0.15, -0.1) is 0 Å². The highest BCUT2D eigenvalue weighted by atomic mass is 16.4. The van der Waals surface area contributed by atoms with Crippen molar-refractivity contribution in [2.24, 2.45) is 5.41 Å². The van der Waals surface area contributed by atoms with Crippen LogP contribution in [0.3, 0.4) is 0 Å². The van der Waals surface area contributed by atoms with Crippen molar-refractivity contribution in [3.8, 4) is 0 Å². The Morgan fingerprint density at radius 2 is 2.21 bits per heavy atom. The second kappa shape index (κ2) is 3.82. The molecule has 1 heterocycles. The van der Waals surface area contributed by atoms with Crippen LogP contribution in [0.5, 0.6) is 0 Å². The lowest BCUT2D eigenvalue weighted by Gasteiger charge is -2.17. The summed E-state index contributed by atoms with van der Waals surface area (Å²) in [6, 6.07) is 0. The molecule has 0 aliphatic heterocycles. The van der Waals surface area contributed by atoms with Crippen LogP contribution in [0.4, 0.5) is 0 Å². The van der Waals surface area contributed by atoms with Crippen LogP contribution in [0.25, 0.3) is 0 Å². The molecule has 0 radical (unpaired) electrons. The maximum absolute atomic E-state index is 10.6. The van der Waals surface area contributed by atoms with Crippen LogP contribution in [0, 0.1) is 5.41 Å². The Balaban J connectivity index is 2.56. The van der Waals surface area contributed by atoms with Crippen molar-refractivity contribution in [2.45, 2.75) is 33.7 Å². The highest BCUT2D eigenvalue weighted by Crippen LogP contribution is 2.19. The van der Waals surface area contributed by atoms with Crippen molar-refractivity contribution >= 4 is 5.97 Å². The van der Waals surface area contributed by atoms with Crippen LogP contribution < -0.4 is 0 Å². The molecule has 78 valence electrons. The third kappa shape index (κ3) is 3.20. The molecular weight excluding hydrogens is 180 g/mol. The molecule has 0 aliphatic carbocycles. The van der Waals surface area contributed by atoms with E-state index in [-0.39, 0.29) is 11.0 Å². The van der Waals surface area contributed by atoms with Crippen molar-refractivity contribution in [1.82, 2.24) is 9.78 Å². The van der Waals surface area contributed by atoms with Crippen LogP contribution in [0.2, 0.25) is 0 Å². The molecule has 4 heteroatoms. The average molecular weight is 196 g/mol. The van der Waals surface area contributed by atoms with E-state index in [1.54, 1.807) is 10.9 Å². The summed E-state index contributed by atoms with van der Waals surface area (Å²) >= 11 is 0. The van der Waals surface area contributed by atoms with E-state index >= 15 is 0 Å². The zero-order chi connectivity index (χ0) is 10.8. The molecule has 0 atom stereocenters. The van der Waals surface area contributed by atoms with E-state index in [0.717, 1.165) is 13.0 Å². The predicted octanol–water partition coefficient (Wildman–Crippen LogP) is 2.02. The van der Waals surface area contributed by atoms with Crippen LogP contribution in [-0.2, 0) is 6.54 Å². The van der Waals surface area contributed by atoms with Crippen LogP contribution >= 0.6 is 0 Å². The molecule has 0 fully saturated rings. The molecule has 0 aromatic carbocycles. The molecule has 1 rings (SSSR count). The Kier molecular flexibility index (Phi) is 2.93. The smallest absolute Gasteiger partial charge is 0.338 e. The molecule has 1 N–H and O–H groups in total. The SMILES string of the molecule is CC(C)(C)CCn1cc(C(=O)O)cn1. The van der Waals surface area contributed by atoms with E-state index in [4.69, 9.17) is 5.11 Å². The fourth-order valence-corrected chi connectivity index (χ4v) is 1.05. The number of hydrogen-bond donors (Lipinski definition) is 1. The summed E-state index contributed by atoms with van der Waals surface area (Å²) in [5, 5.41) is 12.6. The summed E-state index contributed by atoms with van der Waals surface area (Å²) < 4.78 is 1.68. The summed E-state index contributed by atoms with van der Waals surface area (Å²) in [5.41, 5.74) is 0.494. The van der Waals surface area contributed by atoms with Gasteiger partial charge >= 0.3 is 5.97 Å². The number of aryl methyl sites for hydroxylation is 1. The van der Waals surface area contributed by atoms with E-state index in [9.17, 15) is 4.79 Å². The number of carbonyl (C=O) groups is 1. The lowest BCUT2D eigenvalue weighted by atomic mass is 9.92. The zero-order valence-corrected chi connectivity index (χ0v) is 8.82. The minimum atomic E-state index is -0.924. The molecule has 0 saturated heterocycles. The Morgan fingerprint density at radius 1 is 1.57 bits per heavy atom. The molecule has 0 aliphatic rings. The van der Waals surface area contributed by atoms with E-state index in [0.29, 0.717) is 0 Å². The van der Waals surface area contributed by atoms with E-state index < -0.39 is 5.97 Å². The Labute approximate surface area is 83.5 Å². The second-order valence-electron chi connectivity index (χ2n) is 4.61. The molecule has 0 bridgehead atoms. The Hall–Kier alpha value is -1.32. The van der Waals surface area contributed by atoms with E-state index in [1.165, 1.54) is 6.20 Å². The largest absolute Gasteiger partial charge is 0.478 e. The fourth-order valence-electron chi connectivity index (χ4n) is 1.05. The Morgan fingerprint density at radius 3 is 2.64 bits per heavy atom. The van der Waals surface area contributed by atoms with E-state index in [1.807, 2.05) is 0 Å². The summed E-state index contributed by atoms with van der Waals surface area (Å²) in [6.07, 6.45) is 3.92. The molecule has 1 aromatic rings. The number of aromatic carboxylic acids is 1. The predicted molar refractivity (Wildman–Crippen MR) is 53.3 cm³/mol. The molecule has 0 amide bonds. The van der Waals surface area contributed by atoms with Crippen molar-refractivity contribution in [3.63, 3.8) is 0 Å². The fraction of sp³-hybridized carbons (Fsp3) is 0.600. The third-order valence-electron chi connectivity index (χ3n) is 1.97. The molecule has 4 nitrogen and oxygen atoms in total. The standard InChI is InChI=1S/C10H16N2O2/c1-10(2,3)4-5-12-7-8(6-11-12)9(13)14/h6-7H,4-5H2,1-3H3,(H,13,14). The lowest BCUT2D eigenvalue weighted by molar-refractivity contribution is 0.0697. The van der Waals surface area contributed by atoms with Gasteiger partial charge in [-0.1, -0.05) is 20.8 Å². The monoisotopic (exact) mass is 196 g/mol. The van der Waals surface area contributed by atoms with Gasteiger partial charge in [-0.2, -0.15) is 5.10 Å². The van der Waals surface area contributed by atoms with Crippen LogP contribution in [0.1, 0.15) is 37.6 Å². The summed E-state index contributed by atoms with van der Waals surface area (Å²) in [4.78, 5) is 10.6. The normalized spacial score (nSPS) is 11.6. The van der Waals surface area contributed by atoms with Gasteiger partial charge in [0.1, 0.15) is 0 Å². The van der Waals surface area contributed by atoms with E-state index in [2.05, 4.69) is 25.9 Å². The van der Waals surface area contributed by atoms with Gasteiger partial charge in [0.2, 0.25) is 0 Å². The van der Waals surface area contributed by atoms with Crippen molar-refractivity contribution in [1.29, 1.82) is 0 Å². The van der Waals surface area contributed by atoms with Gasteiger partial charge in [-0.25, -0.2) is 4.79 Å². The molecule has 0 spiro atoms. The highest BCUT2D eigenvalue weighted by molar-refractivity contribution is 5.86. The maximum Gasteiger partial charge on any atom is 0.338 e. The first-order chi connectivity index (χ1) is 6.38. The minimum Gasteiger partial charge on any atom is -0.478 e. The minimum absolute atomic E-state index is 0.245. The quantitative estimate of drug-likeness (QED) is 0.804. The van der Waals surface area contributed by atoms with Gasteiger partial charge in [0.15, 0.2) is 0 Å². The second-order valence-corrected chi connectivity index (χ2v) is 4.61. The number of carboxylic acid groups (broad SMARTS) is 1. The molecule has 1 aromatic heterocycles. The first kappa shape index (κ1) is 10.8. The zero-order valence-electron chi connectivity index (χ0n) is 8.82. The summed E-state index contributed by atoms with van der Waals surface area (Å²) in [5.74, 6) is -0.924. The van der Waals surface area contributed by atoms with Gasteiger partial charge in [-0.3, -0.25) is 4.68 Å². The van der Waals surface area contributed by atoms with Gasteiger partial charge in [0, 0.05) is 12.7 Å². The number of nitrogens with zero attached hydrogens (tertiary/aromatic N) is 2. The molecular formula is C10H16N2O2. The van der Waals surface area contributed by atoms with Crippen molar-refractivity contribution in [3.05, 3.63) is 18.0 Å². The summed E-state index contributed by atoms with van der Waals surface area (Å²) in [6.45, 7) is 7.20. The molecule has 0 unspecified atom stereocenters. The average Bonchev–Trinajstić information content (AvgIpc) is 2.47. The van der Waals surface area contributed by atoms with Crippen molar-refractivity contribution < 1.29 is 9.90 Å². The number of hydrogen-bond acceptors (Lipinski definition) is 2. The number of aromatic nitrogens is 2. The first-order valence-corrected chi connectivity index (χ1v) is 4.64. The highest BCUT2D eigenvalue weighted by Gasteiger charge is 2.11. The Bertz CT molecular complexity index is 323. The van der Waals surface area contributed by atoms with Gasteiger partial charge in [0.25, 0.3) is 0 Å². The summed E-state index contributed by atoms with van der Waals surface area (Å²) in [7, 11) is 0. The van der Waals surface area contributed by atoms with Gasteiger partial charge in [0.05, 0.1) is 11.8 Å². The topological polar surface area (TPSA) is 55.1 Å². The maximum atomic E-state index is 10.6.